The highest BCUT2D eigenvalue weighted by atomic mass is 32.1. The Morgan fingerprint density at radius 1 is 1.00 bits per heavy atom. The van der Waals surface area contributed by atoms with Crippen molar-refractivity contribution in [1.82, 2.24) is 9.38 Å². The normalized spacial score (nSPS) is 11.3. The fourth-order valence-corrected chi connectivity index (χ4v) is 3.91. The van der Waals surface area contributed by atoms with Crippen LogP contribution in [-0.4, -0.2) is 9.38 Å². The standard InChI is InChI=1S/C20H17F2N3S/c1-11-4-9-17(22)16(10-11)18-19(23-15-7-5-14(21)6-8-15)25-12(2)13(3)26-20(25)24-18/h4-10,23H,1-3H3. The highest BCUT2D eigenvalue weighted by Gasteiger charge is 2.21. The van der Waals surface area contributed by atoms with Crippen LogP contribution in [0.1, 0.15) is 16.1 Å². The number of aryl methyl sites for hydroxylation is 3. The molecular weight excluding hydrogens is 352 g/mol. The van der Waals surface area contributed by atoms with Crippen LogP contribution in [0.4, 0.5) is 20.3 Å². The molecule has 1 N–H and O–H groups in total. The van der Waals surface area contributed by atoms with Gasteiger partial charge in [0.1, 0.15) is 23.1 Å². The smallest absolute Gasteiger partial charge is 0.196 e. The summed E-state index contributed by atoms with van der Waals surface area (Å²) in [7, 11) is 0. The van der Waals surface area contributed by atoms with Crippen molar-refractivity contribution < 1.29 is 8.78 Å². The lowest BCUT2D eigenvalue weighted by Crippen LogP contribution is -1.99. The van der Waals surface area contributed by atoms with Gasteiger partial charge in [0, 0.05) is 21.8 Å². The number of nitrogens with one attached hydrogen (secondary N) is 1. The van der Waals surface area contributed by atoms with Crippen LogP contribution in [-0.2, 0) is 0 Å². The molecule has 2 aromatic heterocycles. The van der Waals surface area contributed by atoms with Crippen LogP contribution in [0, 0.1) is 32.4 Å². The first-order chi connectivity index (χ1) is 12.4. The van der Waals surface area contributed by atoms with Gasteiger partial charge in [-0.1, -0.05) is 11.6 Å². The molecule has 132 valence electrons. The van der Waals surface area contributed by atoms with Crippen molar-refractivity contribution in [2.45, 2.75) is 20.8 Å². The summed E-state index contributed by atoms with van der Waals surface area (Å²) < 4.78 is 29.7. The van der Waals surface area contributed by atoms with Gasteiger partial charge in [-0.15, -0.1) is 11.3 Å². The van der Waals surface area contributed by atoms with Crippen molar-refractivity contribution in [3.05, 3.63) is 70.2 Å². The molecule has 3 nitrogen and oxygen atoms in total. The molecule has 0 unspecified atom stereocenters. The first-order valence-electron chi connectivity index (χ1n) is 8.21. The minimum atomic E-state index is -0.321. The summed E-state index contributed by atoms with van der Waals surface area (Å²) in [5, 5.41) is 3.30. The van der Waals surface area contributed by atoms with Crippen LogP contribution in [0.5, 0.6) is 0 Å². The largest absolute Gasteiger partial charge is 0.339 e. The van der Waals surface area contributed by atoms with E-state index in [0.717, 1.165) is 21.1 Å². The van der Waals surface area contributed by atoms with Crippen LogP contribution in [0.25, 0.3) is 16.2 Å². The second kappa shape index (κ2) is 6.21. The molecule has 0 aliphatic heterocycles. The van der Waals surface area contributed by atoms with Gasteiger partial charge in [-0.3, -0.25) is 4.40 Å². The third-order valence-electron chi connectivity index (χ3n) is 4.42. The van der Waals surface area contributed by atoms with Crippen LogP contribution >= 0.6 is 11.3 Å². The number of imidazole rings is 1. The zero-order chi connectivity index (χ0) is 18.4. The Morgan fingerprint density at radius 2 is 1.73 bits per heavy atom. The topological polar surface area (TPSA) is 29.3 Å². The van der Waals surface area contributed by atoms with E-state index < -0.39 is 0 Å². The van der Waals surface area contributed by atoms with Gasteiger partial charge in [-0.05, 0) is 57.2 Å². The number of anilines is 2. The lowest BCUT2D eigenvalue weighted by Gasteiger charge is -2.10. The second-order valence-corrected chi connectivity index (χ2v) is 7.47. The van der Waals surface area contributed by atoms with E-state index in [-0.39, 0.29) is 11.6 Å². The summed E-state index contributed by atoms with van der Waals surface area (Å²) in [6.45, 7) is 5.96. The maximum Gasteiger partial charge on any atom is 0.196 e. The summed E-state index contributed by atoms with van der Waals surface area (Å²) in [4.78, 5) is 6.62. The third kappa shape index (κ3) is 2.76. The average molecular weight is 369 g/mol. The Labute approximate surface area is 153 Å². The molecule has 2 heterocycles. The van der Waals surface area contributed by atoms with E-state index in [1.54, 1.807) is 35.6 Å². The number of benzene rings is 2. The van der Waals surface area contributed by atoms with Gasteiger partial charge < -0.3 is 5.32 Å². The maximum atomic E-state index is 14.5. The molecule has 6 heteroatoms. The molecule has 0 aliphatic rings. The van der Waals surface area contributed by atoms with Crippen LogP contribution < -0.4 is 5.32 Å². The Morgan fingerprint density at radius 3 is 2.46 bits per heavy atom. The summed E-state index contributed by atoms with van der Waals surface area (Å²) in [6, 6.07) is 11.1. The molecule has 0 saturated carbocycles. The minimum Gasteiger partial charge on any atom is -0.339 e. The molecule has 0 saturated heterocycles. The maximum absolute atomic E-state index is 14.5. The van der Waals surface area contributed by atoms with Gasteiger partial charge in [-0.2, -0.15) is 0 Å². The van der Waals surface area contributed by atoms with E-state index in [1.807, 2.05) is 25.2 Å². The first-order valence-corrected chi connectivity index (χ1v) is 9.03. The van der Waals surface area contributed by atoms with E-state index in [0.29, 0.717) is 22.8 Å². The monoisotopic (exact) mass is 369 g/mol. The number of nitrogens with zero attached hydrogens (tertiary/aromatic N) is 2. The molecule has 0 spiro atoms. The summed E-state index contributed by atoms with van der Waals surface area (Å²) in [6.07, 6.45) is 0. The molecule has 0 amide bonds. The van der Waals surface area contributed by atoms with Gasteiger partial charge in [0.25, 0.3) is 0 Å². The van der Waals surface area contributed by atoms with Gasteiger partial charge in [0.15, 0.2) is 4.96 Å². The fourth-order valence-electron chi connectivity index (χ4n) is 2.94. The molecule has 0 fully saturated rings. The highest BCUT2D eigenvalue weighted by Crippen LogP contribution is 2.37. The zero-order valence-corrected chi connectivity index (χ0v) is 15.4. The highest BCUT2D eigenvalue weighted by molar-refractivity contribution is 7.17. The van der Waals surface area contributed by atoms with Crippen molar-refractivity contribution in [1.29, 1.82) is 0 Å². The summed E-state index contributed by atoms with van der Waals surface area (Å²) in [5.41, 5.74) is 3.71. The lowest BCUT2D eigenvalue weighted by atomic mass is 10.1. The lowest BCUT2D eigenvalue weighted by molar-refractivity contribution is 0.628. The third-order valence-corrected chi connectivity index (χ3v) is 5.48. The van der Waals surface area contributed by atoms with Gasteiger partial charge >= 0.3 is 0 Å². The van der Waals surface area contributed by atoms with Crippen molar-refractivity contribution in [3.63, 3.8) is 0 Å². The number of aromatic nitrogens is 2. The quantitative estimate of drug-likeness (QED) is 0.479. The fraction of sp³-hybridized carbons (Fsp3) is 0.150. The molecule has 0 radical (unpaired) electrons. The average Bonchev–Trinajstić information content (AvgIpc) is 3.09. The van der Waals surface area contributed by atoms with Crippen molar-refractivity contribution in [2.75, 3.05) is 5.32 Å². The minimum absolute atomic E-state index is 0.304. The molecule has 26 heavy (non-hydrogen) atoms. The number of rotatable bonds is 3. The molecule has 0 atom stereocenters. The van der Waals surface area contributed by atoms with Gasteiger partial charge in [-0.25, -0.2) is 13.8 Å². The Hall–Kier alpha value is -2.73. The molecule has 0 aliphatic carbocycles. The summed E-state index contributed by atoms with van der Waals surface area (Å²) in [5.74, 6) is 0.0531. The zero-order valence-electron chi connectivity index (χ0n) is 14.6. The molecule has 4 rings (SSSR count). The number of halogens is 2. The predicted octanol–water partition coefficient (Wildman–Crippen LogP) is 6.01. The van der Waals surface area contributed by atoms with E-state index in [9.17, 15) is 8.78 Å². The second-order valence-electron chi connectivity index (χ2n) is 6.29. The molecule has 4 aromatic rings. The van der Waals surface area contributed by atoms with Crippen LogP contribution in [0.3, 0.4) is 0 Å². The van der Waals surface area contributed by atoms with E-state index in [2.05, 4.69) is 10.3 Å². The number of hydrogen-bond donors (Lipinski definition) is 1. The molecular formula is C20H17F2N3S. The molecule has 2 aromatic carbocycles. The van der Waals surface area contributed by atoms with Gasteiger partial charge in [0.2, 0.25) is 0 Å². The predicted molar refractivity (Wildman–Crippen MR) is 102 cm³/mol. The first kappa shape index (κ1) is 16.7. The van der Waals surface area contributed by atoms with E-state index in [4.69, 9.17) is 0 Å². The Balaban J connectivity index is 1.95. The SMILES string of the molecule is Cc1ccc(F)c(-c2nc3sc(C)c(C)n3c2Nc2ccc(F)cc2)c1. The van der Waals surface area contributed by atoms with Crippen LogP contribution in [0.15, 0.2) is 42.5 Å². The Kier molecular flexibility index (Phi) is 4.00. The van der Waals surface area contributed by atoms with E-state index in [1.165, 1.54) is 18.2 Å². The Bertz CT molecular complexity index is 1110. The van der Waals surface area contributed by atoms with E-state index >= 15 is 0 Å². The number of hydrogen-bond acceptors (Lipinski definition) is 3. The van der Waals surface area contributed by atoms with Crippen molar-refractivity contribution in [2.24, 2.45) is 0 Å². The van der Waals surface area contributed by atoms with Gasteiger partial charge in [0.05, 0.1) is 0 Å². The van der Waals surface area contributed by atoms with Crippen molar-refractivity contribution >= 4 is 27.8 Å². The number of thiazole rings is 1. The molecule has 0 bridgehead atoms. The number of fused-ring (bicyclic) bond motifs is 1. The van der Waals surface area contributed by atoms with Crippen LogP contribution in [0.2, 0.25) is 0 Å². The van der Waals surface area contributed by atoms with Crippen molar-refractivity contribution in [3.8, 4) is 11.3 Å². The summed E-state index contributed by atoms with van der Waals surface area (Å²) >= 11 is 1.56.